The molecule has 6 heteroatoms. The van der Waals surface area contributed by atoms with Gasteiger partial charge in [-0.05, 0) is 51.4 Å². The highest BCUT2D eigenvalue weighted by molar-refractivity contribution is 5.71. The summed E-state index contributed by atoms with van der Waals surface area (Å²) in [6.07, 6.45) is 70.2. The van der Waals surface area contributed by atoms with E-state index in [9.17, 15) is 14.4 Å². The molecule has 0 N–H and O–H groups in total. The minimum atomic E-state index is -0.777. The van der Waals surface area contributed by atoms with Gasteiger partial charge < -0.3 is 14.2 Å². The fourth-order valence-corrected chi connectivity index (χ4v) is 9.11. The summed E-state index contributed by atoms with van der Waals surface area (Å²) in [5.74, 6) is -0.873. The monoisotopic (exact) mass is 969 g/mol. The molecule has 0 aromatic rings. The molecule has 0 aromatic heterocycles. The van der Waals surface area contributed by atoms with Crippen molar-refractivity contribution in [2.45, 2.75) is 335 Å². The van der Waals surface area contributed by atoms with Gasteiger partial charge in [0.15, 0.2) is 6.10 Å². The van der Waals surface area contributed by atoms with E-state index in [0.717, 1.165) is 96.3 Å². The third kappa shape index (κ3) is 56.4. The van der Waals surface area contributed by atoms with Crippen LogP contribution in [0.25, 0.3) is 0 Å². The summed E-state index contributed by atoms with van der Waals surface area (Å²) in [5, 5.41) is 0. The quantitative estimate of drug-likeness (QED) is 0.0261. The number of carbonyl (C=O) groups is 3. The summed E-state index contributed by atoms with van der Waals surface area (Å²) in [5.41, 5.74) is 0. The zero-order chi connectivity index (χ0) is 50.0. The maximum atomic E-state index is 12.8. The highest BCUT2D eigenvalue weighted by atomic mass is 16.6. The van der Waals surface area contributed by atoms with Crippen LogP contribution in [0.3, 0.4) is 0 Å². The van der Waals surface area contributed by atoms with E-state index in [1.54, 1.807) is 0 Å². The lowest BCUT2D eigenvalue weighted by molar-refractivity contribution is -0.167. The Kier molecular flexibility index (Phi) is 56.2. The zero-order valence-corrected chi connectivity index (χ0v) is 46.3. The smallest absolute Gasteiger partial charge is 0.306 e. The van der Waals surface area contributed by atoms with Gasteiger partial charge in [0, 0.05) is 19.3 Å². The van der Waals surface area contributed by atoms with Crippen molar-refractivity contribution >= 4 is 17.9 Å². The molecule has 0 aliphatic heterocycles. The van der Waals surface area contributed by atoms with Gasteiger partial charge in [0.05, 0.1) is 0 Å². The van der Waals surface area contributed by atoms with E-state index in [2.05, 4.69) is 57.2 Å². The first-order valence-corrected chi connectivity index (χ1v) is 30.5. The molecule has 0 rings (SSSR count). The van der Waals surface area contributed by atoms with Gasteiger partial charge in [-0.1, -0.05) is 295 Å². The Morgan fingerprint density at radius 1 is 0.304 bits per heavy atom. The summed E-state index contributed by atoms with van der Waals surface area (Å²) < 4.78 is 16.9. The van der Waals surface area contributed by atoms with Crippen LogP contribution in [0.15, 0.2) is 36.5 Å². The Morgan fingerprint density at radius 2 is 0.565 bits per heavy atom. The summed E-state index contributed by atoms with van der Waals surface area (Å²) in [6, 6.07) is 0. The summed E-state index contributed by atoms with van der Waals surface area (Å²) in [4.78, 5) is 38.1. The molecule has 0 aromatic carbocycles. The van der Waals surface area contributed by atoms with Crippen LogP contribution in [0.5, 0.6) is 0 Å². The molecule has 0 saturated carbocycles. The number of hydrogen-bond donors (Lipinski definition) is 0. The van der Waals surface area contributed by atoms with Crippen molar-refractivity contribution in [2.24, 2.45) is 0 Å². The first-order chi connectivity index (χ1) is 34.0. The Labute approximate surface area is 429 Å². The van der Waals surface area contributed by atoms with Crippen LogP contribution >= 0.6 is 0 Å². The van der Waals surface area contributed by atoms with Gasteiger partial charge in [-0.15, -0.1) is 0 Å². The van der Waals surface area contributed by atoms with Crippen LogP contribution in [0.1, 0.15) is 329 Å². The fourth-order valence-electron chi connectivity index (χ4n) is 9.11. The second-order valence-corrected chi connectivity index (χ2v) is 20.6. The highest BCUT2D eigenvalue weighted by Gasteiger charge is 2.19. The standard InChI is InChI=1S/C63H116O6/c1-4-7-10-13-16-19-22-24-26-27-28-29-30-31-32-33-34-35-37-38-41-44-47-50-53-56-62(65)68-59-60(58-67-61(64)55-52-49-46-43-40-21-18-15-12-9-6-3)69-63(66)57-54-51-48-45-42-39-36-25-23-20-17-14-11-8-5-2/h8,11,17,20,25,36,60H,4-7,9-10,12-16,18-19,21-24,26-35,37-59H2,1-3H3/b11-8-,20-17-,36-25-. The minimum Gasteiger partial charge on any atom is -0.462 e. The SMILES string of the molecule is CC/C=C\C/C=C\C/C=C\CCCCCCCC(=O)OC(COC(=O)CCCCCCCCCCCCC)COC(=O)CCCCCCCCCCCCCCCCCCCCCCCCCCC. The van der Waals surface area contributed by atoms with Gasteiger partial charge in [-0.3, -0.25) is 14.4 Å². The van der Waals surface area contributed by atoms with Crippen molar-refractivity contribution < 1.29 is 28.6 Å². The molecule has 0 aliphatic rings. The van der Waals surface area contributed by atoms with Crippen LogP contribution in [-0.4, -0.2) is 37.2 Å². The Balaban J connectivity index is 4.19. The summed E-state index contributed by atoms with van der Waals surface area (Å²) >= 11 is 0. The van der Waals surface area contributed by atoms with E-state index < -0.39 is 6.10 Å². The first-order valence-electron chi connectivity index (χ1n) is 30.5. The van der Waals surface area contributed by atoms with Crippen LogP contribution < -0.4 is 0 Å². The van der Waals surface area contributed by atoms with Gasteiger partial charge in [0.2, 0.25) is 0 Å². The molecule has 1 atom stereocenters. The van der Waals surface area contributed by atoms with Gasteiger partial charge >= 0.3 is 17.9 Å². The lowest BCUT2D eigenvalue weighted by Gasteiger charge is -2.18. The molecule has 0 heterocycles. The average molecular weight is 970 g/mol. The van der Waals surface area contributed by atoms with Gasteiger partial charge in [-0.2, -0.15) is 0 Å². The third-order valence-corrected chi connectivity index (χ3v) is 13.7. The third-order valence-electron chi connectivity index (χ3n) is 13.7. The first kappa shape index (κ1) is 66.6. The normalized spacial score (nSPS) is 12.2. The fraction of sp³-hybridized carbons (Fsp3) is 0.857. The van der Waals surface area contributed by atoms with Crippen molar-refractivity contribution in [3.63, 3.8) is 0 Å². The predicted octanol–water partition coefficient (Wildman–Crippen LogP) is 20.4. The zero-order valence-electron chi connectivity index (χ0n) is 46.3. The van der Waals surface area contributed by atoms with E-state index >= 15 is 0 Å². The lowest BCUT2D eigenvalue weighted by atomic mass is 10.0. The van der Waals surface area contributed by atoms with Crippen molar-refractivity contribution in [3.8, 4) is 0 Å². The molecule has 0 bridgehead atoms. The van der Waals surface area contributed by atoms with Crippen molar-refractivity contribution in [3.05, 3.63) is 36.5 Å². The van der Waals surface area contributed by atoms with E-state index in [4.69, 9.17) is 14.2 Å². The molecule has 0 spiro atoms. The molecule has 0 aliphatic carbocycles. The largest absolute Gasteiger partial charge is 0.462 e. The number of carbonyl (C=O) groups excluding carboxylic acids is 3. The molecule has 404 valence electrons. The second-order valence-electron chi connectivity index (χ2n) is 20.6. The summed E-state index contributed by atoms with van der Waals surface area (Å²) in [6.45, 7) is 6.56. The van der Waals surface area contributed by atoms with Crippen LogP contribution in [0.2, 0.25) is 0 Å². The van der Waals surface area contributed by atoms with Crippen LogP contribution in [0, 0.1) is 0 Å². The number of rotatable bonds is 56. The molecule has 6 nitrogen and oxygen atoms in total. The van der Waals surface area contributed by atoms with Crippen molar-refractivity contribution in [1.29, 1.82) is 0 Å². The minimum absolute atomic E-state index is 0.0745. The van der Waals surface area contributed by atoms with Crippen LogP contribution in [-0.2, 0) is 28.6 Å². The van der Waals surface area contributed by atoms with Gasteiger partial charge in [-0.25, -0.2) is 0 Å². The lowest BCUT2D eigenvalue weighted by Crippen LogP contribution is -2.30. The predicted molar refractivity (Wildman–Crippen MR) is 298 cm³/mol. The number of allylic oxidation sites excluding steroid dienone is 6. The molecular weight excluding hydrogens is 853 g/mol. The number of unbranched alkanes of at least 4 members (excludes halogenated alkanes) is 39. The molecule has 69 heavy (non-hydrogen) atoms. The molecule has 0 fully saturated rings. The molecule has 0 amide bonds. The number of esters is 3. The van der Waals surface area contributed by atoms with Crippen LogP contribution in [0.4, 0.5) is 0 Å². The second kappa shape index (κ2) is 58.2. The van der Waals surface area contributed by atoms with E-state index in [0.29, 0.717) is 19.3 Å². The summed E-state index contributed by atoms with van der Waals surface area (Å²) in [7, 11) is 0. The highest BCUT2D eigenvalue weighted by Crippen LogP contribution is 2.18. The Morgan fingerprint density at radius 3 is 0.884 bits per heavy atom. The van der Waals surface area contributed by atoms with Crippen molar-refractivity contribution in [2.75, 3.05) is 13.2 Å². The number of hydrogen-bond acceptors (Lipinski definition) is 6. The molecule has 1 unspecified atom stereocenters. The maximum absolute atomic E-state index is 12.8. The van der Waals surface area contributed by atoms with E-state index in [1.807, 2.05) is 0 Å². The topological polar surface area (TPSA) is 78.9 Å². The average Bonchev–Trinajstić information content (AvgIpc) is 3.35. The molecular formula is C63H116O6. The van der Waals surface area contributed by atoms with Crippen molar-refractivity contribution in [1.82, 2.24) is 0 Å². The molecule has 0 radical (unpaired) electrons. The molecule has 0 saturated heterocycles. The van der Waals surface area contributed by atoms with Gasteiger partial charge in [0.1, 0.15) is 13.2 Å². The van der Waals surface area contributed by atoms with Gasteiger partial charge in [0.25, 0.3) is 0 Å². The maximum Gasteiger partial charge on any atom is 0.306 e. The van der Waals surface area contributed by atoms with E-state index in [-0.39, 0.29) is 31.1 Å². The Bertz CT molecular complexity index is 1160. The van der Waals surface area contributed by atoms with E-state index in [1.165, 1.54) is 193 Å². The Hall–Kier alpha value is -2.37. The number of ether oxygens (including phenoxy) is 3.